The molecule has 3 aromatic carbocycles. The molecule has 0 heterocycles. The summed E-state index contributed by atoms with van der Waals surface area (Å²) >= 11 is 0. The Kier molecular flexibility index (Phi) is 7.05. The number of ether oxygens (including phenoxy) is 6. The summed E-state index contributed by atoms with van der Waals surface area (Å²) in [5.74, 6) is 0.861. The largest absolute Gasteiger partial charge is 0.497 e. The van der Waals surface area contributed by atoms with E-state index in [0.29, 0.717) is 45.4 Å². The first-order chi connectivity index (χ1) is 17.4. The van der Waals surface area contributed by atoms with Crippen LogP contribution in [0.1, 0.15) is 51.6 Å². The molecule has 0 radical (unpaired) electrons. The third-order valence-corrected chi connectivity index (χ3v) is 6.29. The quantitative estimate of drug-likeness (QED) is 0.438. The first kappa shape index (κ1) is 24.9. The molecule has 1 aliphatic rings. The summed E-state index contributed by atoms with van der Waals surface area (Å²) in [6.07, 6.45) is -0.909. The van der Waals surface area contributed by atoms with Crippen LogP contribution in [-0.2, 0) is 9.53 Å². The summed E-state index contributed by atoms with van der Waals surface area (Å²) in [5, 5.41) is 0. The number of hydrogen-bond donors (Lipinski definition) is 0. The number of esters is 1. The van der Waals surface area contributed by atoms with Crippen LogP contribution in [0.3, 0.4) is 0 Å². The van der Waals surface area contributed by atoms with Crippen LogP contribution < -0.4 is 23.7 Å². The van der Waals surface area contributed by atoms with Crippen molar-refractivity contribution in [1.29, 1.82) is 0 Å². The van der Waals surface area contributed by atoms with Crippen LogP contribution in [0.25, 0.3) is 0 Å². The molecule has 36 heavy (non-hydrogen) atoms. The van der Waals surface area contributed by atoms with Gasteiger partial charge in [-0.05, 0) is 35.4 Å². The Bertz CT molecular complexity index is 1300. The van der Waals surface area contributed by atoms with Gasteiger partial charge in [-0.3, -0.25) is 9.59 Å². The second-order valence-electron chi connectivity index (χ2n) is 8.19. The molecule has 0 aliphatic heterocycles. The Morgan fingerprint density at radius 1 is 0.722 bits per heavy atom. The Labute approximate surface area is 209 Å². The van der Waals surface area contributed by atoms with Crippen LogP contribution in [0.15, 0.2) is 48.5 Å². The zero-order valence-corrected chi connectivity index (χ0v) is 21.0. The fourth-order valence-electron chi connectivity index (χ4n) is 4.68. The van der Waals surface area contributed by atoms with Gasteiger partial charge in [0.2, 0.25) is 0 Å². The fourth-order valence-corrected chi connectivity index (χ4v) is 4.68. The number of hydrogen-bond acceptors (Lipinski definition) is 8. The summed E-state index contributed by atoms with van der Waals surface area (Å²) in [6.45, 7) is 1.33. The van der Waals surface area contributed by atoms with Gasteiger partial charge in [0.15, 0.2) is 5.78 Å². The second kappa shape index (κ2) is 10.2. The van der Waals surface area contributed by atoms with Gasteiger partial charge in [0.1, 0.15) is 34.9 Å². The predicted octanol–water partition coefficient (Wildman–Crippen LogP) is 4.71. The number of carbonyl (C=O) groups excluding carboxylic acids is 2. The van der Waals surface area contributed by atoms with Crippen LogP contribution in [0.4, 0.5) is 0 Å². The van der Waals surface area contributed by atoms with Gasteiger partial charge < -0.3 is 28.4 Å². The molecule has 8 nitrogen and oxygen atoms in total. The van der Waals surface area contributed by atoms with Crippen molar-refractivity contribution in [2.75, 3.05) is 35.5 Å². The van der Waals surface area contributed by atoms with Gasteiger partial charge in [0.05, 0.1) is 47.0 Å². The third kappa shape index (κ3) is 4.30. The van der Waals surface area contributed by atoms with Gasteiger partial charge >= 0.3 is 5.97 Å². The highest BCUT2D eigenvalue weighted by Crippen LogP contribution is 2.51. The lowest BCUT2D eigenvalue weighted by Crippen LogP contribution is -2.19. The van der Waals surface area contributed by atoms with Crippen LogP contribution in [-0.4, -0.2) is 47.3 Å². The summed E-state index contributed by atoms with van der Waals surface area (Å²) in [5.41, 5.74) is 2.45. The minimum Gasteiger partial charge on any atom is -0.497 e. The molecule has 0 N–H and O–H groups in total. The lowest BCUT2D eigenvalue weighted by atomic mass is 9.82. The van der Waals surface area contributed by atoms with E-state index in [0.717, 1.165) is 5.56 Å². The zero-order valence-electron chi connectivity index (χ0n) is 21.0. The first-order valence-electron chi connectivity index (χ1n) is 11.2. The molecular formula is C28H28O8. The maximum atomic E-state index is 14.2. The third-order valence-electron chi connectivity index (χ3n) is 6.29. The normalized spacial score (nSPS) is 16.2. The number of fused-ring (bicyclic) bond motifs is 2. The molecule has 1 aliphatic carbocycles. The van der Waals surface area contributed by atoms with Crippen molar-refractivity contribution in [2.24, 2.45) is 0 Å². The van der Waals surface area contributed by atoms with E-state index in [9.17, 15) is 9.59 Å². The molecule has 8 heteroatoms. The molecule has 3 aromatic rings. The van der Waals surface area contributed by atoms with Gasteiger partial charge in [-0.1, -0.05) is 12.1 Å². The molecular weight excluding hydrogens is 464 g/mol. The second-order valence-corrected chi connectivity index (χ2v) is 8.19. The van der Waals surface area contributed by atoms with Gasteiger partial charge in [0.25, 0.3) is 0 Å². The molecule has 0 spiro atoms. The zero-order chi connectivity index (χ0) is 26.0. The van der Waals surface area contributed by atoms with E-state index in [1.54, 1.807) is 31.4 Å². The van der Waals surface area contributed by atoms with Crippen molar-refractivity contribution in [2.45, 2.75) is 18.9 Å². The van der Waals surface area contributed by atoms with Gasteiger partial charge in [0, 0.05) is 30.2 Å². The molecule has 0 saturated carbocycles. The average molecular weight is 493 g/mol. The van der Waals surface area contributed by atoms with Gasteiger partial charge in [-0.2, -0.15) is 0 Å². The summed E-state index contributed by atoms with van der Waals surface area (Å²) in [6, 6.07) is 14.1. The lowest BCUT2D eigenvalue weighted by Gasteiger charge is -2.29. The molecule has 0 aromatic heterocycles. The van der Waals surface area contributed by atoms with E-state index < -0.39 is 18.0 Å². The van der Waals surface area contributed by atoms with E-state index >= 15 is 0 Å². The molecule has 4 rings (SSSR count). The van der Waals surface area contributed by atoms with Crippen molar-refractivity contribution >= 4 is 11.8 Å². The molecule has 0 unspecified atom stereocenters. The fraction of sp³-hybridized carbons (Fsp3) is 0.286. The number of rotatable bonds is 7. The van der Waals surface area contributed by atoms with Crippen molar-refractivity contribution in [3.8, 4) is 28.7 Å². The molecule has 0 saturated heterocycles. The summed E-state index contributed by atoms with van der Waals surface area (Å²) in [7, 11) is 7.61. The predicted molar refractivity (Wildman–Crippen MR) is 132 cm³/mol. The smallest absolute Gasteiger partial charge is 0.303 e. The summed E-state index contributed by atoms with van der Waals surface area (Å²) in [4.78, 5) is 26.6. The topological polar surface area (TPSA) is 89.5 Å². The minimum atomic E-state index is -0.909. The standard InChI is InChI=1S/C28H28O8/c1-15(29)36-28-24(16-7-9-17(31-2)10-8-16)20-11-18(32-3)13-22(34-5)25(20)27(30)21-12-19(33-4)14-23(35-6)26(21)28/h7-14,24,28H,1-6H3/t24-,28+/m0/s1. The summed E-state index contributed by atoms with van der Waals surface area (Å²) < 4.78 is 33.6. The maximum absolute atomic E-state index is 14.2. The van der Waals surface area contributed by atoms with Crippen LogP contribution in [0, 0.1) is 0 Å². The van der Waals surface area contributed by atoms with Crippen LogP contribution in [0.2, 0.25) is 0 Å². The van der Waals surface area contributed by atoms with Crippen LogP contribution >= 0.6 is 0 Å². The van der Waals surface area contributed by atoms with Gasteiger partial charge in [-0.25, -0.2) is 0 Å². The number of methoxy groups -OCH3 is 5. The Balaban J connectivity index is 2.15. The van der Waals surface area contributed by atoms with Crippen molar-refractivity contribution < 1.29 is 38.0 Å². The van der Waals surface area contributed by atoms with E-state index in [2.05, 4.69) is 0 Å². The van der Waals surface area contributed by atoms with Crippen molar-refractivity contribution in [1.82, 2.24) is 0 Å². The molecule has 188 valence electrons. The van der Waals surface area contributed by atoms with Gasteiger partial charge in [-0.15, -0.1) is 0 Å². The van der Waals surface area contributed by atoms with Crippen molar-refractivity contribution in [3.63, 3.8) is 0 Å². The van der Waals surface area contributed by atoms with E-state index in [1.165, 1.54) is 35.4 Å². The first-order valence-corrected chi connectivity index (χ1v) is 11.2. The number of benzene rings is 3. The SMILES string of the molecule is COc1ccc([C@H]2c3cc(OC)cc(OC)c3C(=O)c3cc(OC)cc(OC)c3[C@@H]2OC(C)=O)cc1. The van der Waals surface area contributed by atoms with E-state index in [4.69, 9.17) is 28.4 Å². The molecule has 2 atom stereocenters. The Hall–Kier alpha value is -4.20. The highest BCUT2D eigenvalue weighted by Gasteiger charge is 2.42. The Morgan fingerprint density at radius 3 is 1.86 bits per heavy atom. The highest BCUT2D eigenvalue weighted by atomic mass is 16.5. The lowest BCUT2D eigenvalue weighted by molar-refractivity contribution is -0.147. The number of carbonyl (C=O) groups is 2. The monoisotopic (exact) mass is 492 g/mol. The highest BCUT2D eigenvalue weighted by molar-refractivity contribution is 6.14. The molecule has 0 amide bonds. The molecule has 0 fully saturated rings. The van der Waals surface area contributed by atoms with E-state index in [1.807, 2.05) is 24.3 Å². The van der Waals surface area contributed by atoms with Crippen LogP contribution in [0.5, 0.6) is 28.7 Å². The van der Waals surface area contributed by atoms with E-state index in [-0.39, 0.29) is 11.3 Å². The average Bonchev–Trinajstić information content (AvgIpc) is 3.00. The Morgan fingerprint density at radius 2 is 1.31 bits per heavy atom. The minimum absolute atomic E-state index is 0.290. The van der Waals surface area contributed by atoms with Crippen molar-refractivity contribution in [3.05, 3.63) is 76.3 Å². The maximum Gasteiger partial charge on any atom is 0.303 e. The molecule has 0 bridgehead atoms. The number of ketones is 1.